The number of hydrogen-bond donors (Lipinski definition) is 0. The minimum Gasteiger partial charge on any atom is -0.298 e. The molecule has 0 fully saturated rings. The van der Waals surface area contributed by atoms with Gasteiger partial charge in [-0.1, -0.05) is 6.07 Å². The number of carbonyl (C=O) groups is 2. The third-order valence-corrected chi connectivity index (χ3v) is 5.76. The summed E-state index contributed by atoms with van der Waals surface area (Å²) in [6.07, 6.45) is 1.51. The third-order valence-electron chi connectivity index (χ3n) is 2.76. The van der Waals surface area contributed by atoms with Gasteiger partial charge in [0.2, 0.25) is 0 Å². The first kappa shape index (κ1) is 12.5. The van der Waals surface area contributed by atoms with Crippen molar-refractivity contribution in [2.75, 3.05) is 0 Å². The van der Waals surface area contributed by atoms with Gasteiger partial charge in [-0.15, -0.1) is 34.0 Å². The molecule has 0 aliphatic heterocycles. The average Bonchev–Trinajstić information content (AvgIpc) is 3.16. The van der Waals surface area contributed by atoms with Crippen molar-refractivity contribution in [2.24, 2.45) is 0 Å². The van der Waals surface area contributed by atoms with Gasteiger partial charge < -0.3 is 0 Å². The highest BCUT2D eigenvalue weighted by Gasteiger charge is 2.17. The Kier molecular flexibility index (Phi) is 3.42. The second-order valence-corrected chi connectivity index (χ2v) is 6.55. The van der Waals surface area contributed by atoms with Crippen LogP contribution in [0, 0.1) is 0 Å². The van der Waals surface area contributed by atoms with Crippen LogP contribution in [0.25, 0.3) is 20.2 Å². The standard InChI is InChI=1S/C14H8O2S3/c15-6-9-8-19-14(11(9)7-16)13-10(3-5-18-13)12-2-1-4-17-12/h1-8H. The molecule has 3 aromatic heterocycles. The highest BCUT2D eigenvalue weighted by molar-refractivity contribution is 7.22. The zero-order valence-electron chi connectivity index (χ0n) is 9.66. The molecule has 0 N–H and O–H groups in total. The van der Waals surface area contributed by atoms with Crippen LogP contribution in [0.5, 0.6) is 0 Å². The summed E-state index contributed by atoms with van der Waals surface area (Å²) in [7, 11) is 0. The van der Waals surface area contributed by atoms with Crippen LogP contribution < -0.4 is 0 Å². The summed E-state index contributed by atoms with van der Waals surface area (Å²) in [4.78, 5) is 25.3. The molecule has 3 rings (SSSR count). The van der Waals surface area contributed by atoms with Crippen LogP contribution in [-0.2, 0) is 0 Å². The number of thiophene rings is 3. The molecule has 0 aliphatic carbocycles. The van der Waals surface area contributed by atoms with E-state index in [0.717, 1.165) is 27.9 Å². The van der Waals surface area contributed by atoms with Crippen LogP contribution >= 0.6 is 34.0 Å². The Balaban J connectivity index is 2.19. The Morgan fingerprint density at radius 1 is 0.895 bits per heavy atom. The molecule has 0 bridgehead atoms. The van der Waals surface area contributed by atoms with Gasteiger partial charge in [0.15, 0.2) is 12.6 Å². The van der Waals surface area contributed by atoms with Crippen LogP contribution in [0.4, 0.5) is 0 Å². The first-order valence-electron chi connectivity index (χ1n) is 5.48. The van der Waals surface area contributed by atoms with Crippen molar-refractivity contribution in [2.45, 2.75) is 0 Å². The summed E-state index contributed by atoms with van der Waals surface area (Å²) in [6.45, 7) is 0. The lowest BCUT2D eigenvalue weighted by atomic mass is 10.1. The zero-order chi connectivity index (χ0) is 13.2. The summed E-state index contributed by atoms with van der Waals surface area (Å²) >= 11 is 4.71. The molecule has 0 unspecified atom stereocenters. The van der Waals surface area contributed by atoms with E-state index in [2.05, 4.69) is 12.1 Å². The molecule has 0 saturated carbocycles. The molecule has 19 heavy (non-hydrogen) atoms. The quantitative estimate of drug-likeness (QED) is 0.647. The van der Waals surface area contributed by atoms with E-state index in [0.29, 0.717) is 11.1 Å². The molecular formula is C14H8O2S3. The molecule has 0 atom stereocenters. The van der Waals surface area contributed by atoms with E-state index in [9.17, 15) is 9.59 Å². The molecule has 94 valence electrons. The van der Waals surface area contributed by atoms with Crippen molar-refractivity contribution in [3.8, 4) is 20.2 Å². The number of aldehydes is 2. The maximum atomic E-state index is 11.2. The van der Waals surface area contributed by atoms with Crippen LogP contribution in [0.15, 0.2) is 34.3 Å². The van der Waals surface area contributed by atoms with Gasteiger partial charge in [0.25, 0.3) is 0 Å². The van der Waals surface area contributed by atoms with E-state index in [1.807, 2.05) is 16.8 Å². The SMILES string of the molecule is O=Cc1csc(-c2sccc2-c2cccs2)c1C=O. The van der Waals surface area contributed by atoms with Gasteiger partial charge in [-0.3, -0.25) is 9.59 Å². The summed E-state index contributed by atoms with van der Waals surface area (Å²) < 4.78 is 0. The monoisotopic (exact) mass is 304 g/mol. The number of rotatable bonds is 4. The molecule has 0 saturated heterocycles. The van der Waals surface area contributed by atoms with E-state index in [4.69, 9.17) is 0 Å². The summed E-state index contributed by atoms with van der Waals surface area (Å²) in [5, 5.41) is 5.78. The molecule has 3 aromatic rings. The van der Waals surface area contributed by atoms with E-state index < -0.39 is 0 Å². The zero-order valence-corrected chi connectivity index (χ0v) is 12.1. The Labute approximate surface area is 122 Å². The molecule has 5 heteroatoms. The molecule has 0 amide bonds. The van der Waals surface area contributed by atoms with Crippen LogP contribution in [0.3, 0.4) is 0 Å². The minimum absolute atomic E-state index is 0.473. The van der Waals surface area contributed by atoms with Crippen LogP contribution in [0.2, 0.25) is 0 Å². The van der Waals surface area contributed by atoms with E-state index in [-0.39, 0.29) is 0 Å². The molecule has 0 aliphatic rings. The first-order chi connectivity index (χ1) is 9.35. The highest BCUT2D eigenvalue weighted by Crippen LogP contribution is 2.42. The van der Waals surface area contributed by atoms with E-state index in [1.165, 1.54) is 16.2 Å². The van der Waals surface area contributed by atoms with E-state index in [1.54, 1.807) is 28.1 Å². The van der Waals surface area contributed by atoms with Gasteiger partial charge in [0.05, 0.1) is 9.75 Å². The second-order valence-electron chi connectivity index (χ2n) is 3.81. The fourth-order valence-corrected chi connectivity index (χ4v) is 4.79. The van der Waals surface area contributed by atoms with Gasteiger partial charge in [0, 0.05) is 26.9 Å². The lowest BCUT2D eigenvalue weighted by Crippen LogP contribution is -1.86. The average molecular weight is 304 g/mol. The normalized spacial score (nSPS) is 10.5. The molecule has 0 spiro atoms. The van der Waals surface area contributed by atoms with Gasteiger partial charge in [0.1, 0.15) is 0 Å². The summed E-state index contributed by atoms with van der Waals surface area (Å²) in [5.41, 5.74) is 2.10. The topological polar surface area (TPSA) is 34.1 Å². The predicted octanol–water partition coefficient (Wildman–Crippen LogP) is 4.83. The highest BCUT2D eigenvalue weighted by atomic mass is 32.1. The Bertz CT molecular complexity index is 720. The Morgan fingerprint density at radius 2 is 1.79 bits per heavy atom. The van der Waals surface area contributed by atoms with Crippen molar-refractivity contribution in [3.63, 3.8) is 0 Å². The molecule has 0 radical (unpaired) electrons. The summed E-state index contributed by atoms with van der Waals surface area (Å²) in [6, 6.07) is 6.12. The number of hydrogen-bond acceptors (Lipinski definition) is 5. The van der Waals surface area contributed by atoms with E-state index >= 15 is 0 Å². The molecule has 3 heterocycles. The maximum absolute atomic E-state index is 11.2. The molecule has 2 nitrogen and oxygen atoms in total. The molecule has 0 aromatic carbocycles. The van der Waals surface area contributed by atoms with Crippen LogP contribution in [-0.4, -0.2) is 12.6 Å². The van der Waals surface area contributed by atoms with Crippen molar-refractivity contribution >= 4 is 46.6 Å². The van der Waals surface area contributed by atoms with Gasteiger partial charge >= 0.3 is 0 Å². The lowest BCUT2D eigenvalue weighted by Gasteiger charge is -2.00. The Hall–Kier alpha value is -1.56. The largest absolute Gasteiger partial charge is 0.298 e. The van der Waals surface area contributed by atoms with Crippen molar-refractivity contribution in [1.82, 2.24) is 0 Å². The fourth-order valence-electron chi connectivity index (χ4n) is 1.88. The first-order valence-corrected chi connectivity index (χ1v) is 8.12. The third kappa shape index (κ3) is 2.10. The maximum Gasteiger partial charge on any atom is 0.152 e. The lowest BCUT2D eigenvalue weighted by molar-refractivity contribution is 0.109. The number of carbonyl (C=O) groups excluding carboxylic acids is 2. The smallest absolute Gasteiger partial charge is 0.152 e. The van der Waals surface area contributed by atoms with Crippen LogP contribution in [0.1, 0.15) is 20.7 Å². The van der Waals surface area contributed by atoms with Gasteiger partial charge in [-0.25, -0.2) is 0 Å². The minimum atomic E-state index is 0.473. The van der Waals surface area contributed by atoms with Crippen molar-refractivity contribution in [1.29, 1.82) is 0 Å². The Morgan fingerprint density at radius 3 is 2.47 bits per heavy atom. The fraction of sp³-hybridized carbons (Fsp3) is 0. The summed E-state index contributed by atoms with van der Waals surface area (Å²) in [5.74, 6) is 0. The van der Waals surface area contributed by atoms with Crippen molar-refractivity contribution in [3.05, 3.63) is 45.5 Å². The second kappa shape index (κ2) is 5.21. The molecular weight excluding hydrogens is 296 g/mol. The van der Waals surface area contributed by atoms with Gasteiger partial charge in [-0.2, -0.15) is 0 Å². The van der Waals surface area contributed by atoms with Crippen molar-refractivity contribution < 1.29 is 9.59 Å². The van der Waals surface area contributed by atoms with Gasteiger partial charge in [-0.05, 0) is 22.9 Å². The predicted molar refractivity (Wildman–Crippen MR) is 81.7 cm³/mol.